The molecule has 0 saturated heterocycles. The standard InChI is InChI=1S/C39H40N2O4/c1-23-21-31-29(14-16-33(43)41(31)22-25-9-11-27(12-10-25)26-7-6-8-26)36(34(23)38(24(2)42)45-39(3,4)5)30-13-15-32-35-28(18-20-44-32)17-19-40-37(30)35/h9-17,19,21,26,38H,6-8,18,20,22H2,1-5H3. The Bertz CT molecular complexity index is 2000. The molecule has 230 valence electrons. The number of carbonyl (C=O) groups excluding carboxylic acids is 1. The lowest BCUT2D eigenvalue weighted by Crippen LogP contribution is -2.27. The molecule has 1 saturated carbocycles. The lowest BCUT2D eigenvalue weighted by Gasteiger charge is -2.30. The van der Waals surface area contributed by atoms with Crippen LogP contribution in [-0.4, -0.2) is 27.5 Å². The maximum absolute atomic E-state index is 13.5. The van der Waals surface area contributed by atoms with Crippen molar-refractivity contribution in [2.75, 3.05) is 6.61 Å². The second kappa shape index (κ2) is 11.3. The first-order valence-electron chi connectivity index (χ1n) is 16.1. The predicted molar refractivity (Wildman–Crippen MR) is 179 cm³/mol. The minimum absolute atomic E-state index is 0.0684. The molecule has 1 unspecified atom stereocenters. The molecule has 1 aliphatic carbocycles. The average Bonchev–Trinajstić information content (AvgIpc) is 2.97. The highest BCUT2D eigenvalue weighted by Gasteiger charge is 2.31. The van der Waals surface area contributed by atoms with Gasteiger partial charge in [0.15, 0.2) is 5.78 Å². The molecular formula is C39H40N2O4. The molecule has 2 aromatic heterocycles. The Hall–Kier alpha value is -4.29. The number of benzene rings is 3. The van der Waals surface area contributed by atoms with E-state index in [1.165, 1.54) is 30.4 Å². The fraction of sp³-hybridized carbons (Fsp3) is 0.359. The summed E-state index contributed by atoms with van der Waals surface area (Å²) in [6.07, 6.45) is 5.67. The number of nitrogens with zero attached hydrogens (tertiary/aromatic N) is 2. The van der Waals surface area contributed by atoms with Crippen LogP contribution in [0.4, 0.5) is 0 Å². The molecule has 0 N–H and O–H groups in total. The summed E-state index contributed by atoms with van der Waals surface area (Å²) in [5.41, 5.74) is 8.11. The van der Waals surface area contributed by atoms with Crippen molar-refractivity contribution >= 4 is 27.6 Å². The zero-order chi connectivity index (χ0) is 31.5. The zero-order valence-electron chi connectivity index (χ0n) is 26.8. The summed E-state index contributed by atoms with van der Waals surface area (Å²) >= 11 is 0. The SMILES string of the molecule is CC(=O)C(OC(C)(C)C)c1c(C)cc2c(ccc(=O)n2Cc2ccc(C3CCC3)cc2)c1-c1ccc2c3c(ccnc13)CCO2. The fourth-order valence-corrected chi connectivity index (χ4v) is 7.00. The number of ether oxygens (including phenoxy) is 2. The Labute approximate surface area is 264 Å². The molecule has 5 aromatic rings. The minimum atomic E-state index is -0.800. The molecule has 2 aliphatic rings. The molecule has 0 amide bonds. The number of aryl methyl sites for hydroxylation is 1. The summed E-state index contributed by atoms with van der Waals surface area (Å²) in [6.45, 7) is 10.6. The van der Waals surface area contributed by atoms with Gasteiger partial charge in [-0.1, -0.05) is 30.7 Å². The van der Waals surface area contributed by atoms with Gasteiger partial charge in [0.2, 0.25) is 0 Å². The Morgan fingerprint density at radius 2 is 1.84 bits per heavy atom. The monoisotopic (exact) mass is 600 g/mol. The Balaban J connectivity index is 1.49. The van der Waals surface area contributed by atoms with Crippen LogP contribution in [0.3, 0.4) is 0 Å². The van der Waals surface area contributed by atoms with Crippen molar-refractivity contribution in [1.29, 1.82) is 0 Å². The van der Waals surface area contributed by atoms with Crippen molar-refractivity contribution < 1.29 is 14.3 Å². The summed E-state index contributed by atoms with van der Waals surface area (Å²) in [6, 6.07) is 20.4. The number of carbonyl (C=O) groups is 1. The lowest BCUT2D eigenvalue weighted by molar-refractivity contribution is -0.138. The fourth-order valence-electron chi connectivity index (χ4n) is 7.00. The third-order valence-electron chi connectivity index (χ3n) is 9.38. The van der Waals surface area contributed by atoms with Gasteiger partial charge in [-0.05, 0) is 117 Å². The molecule has 0 spiro atoms. The van der Waals surface area contributed by atoms with Crippen LogP contribution in [0.5, 0.6) is 5.75 Å². The van der Waals surface area contributed by atoms with E-state index in [0.717, 1.165) is 61.8 Å². The zero-order valence-corrected chi connectivity index (χ0v) is 26.8. The van der Waals surface area contributed by atoms with E-state index in [1.54, 1.807) is 13.0 Å². The van der Waals surface area contributed by atoms with Gasteiger partial charge in [0, 0.05) is 35.0 Å². The quantitative estimate of drug-likeness (QED) is 0.188. The van der Waals surface area contributed by atoms with E-state index in [9.17, 15) is 9.59 Å². The summed E-state index contributed by atoms with van der Waals surface area (Å²) in [4.78, 5) is 31.8. The van der Waals surface area contributed by atoms with Crippen molar-refractivity contribution in [3.05, 3.63) is 105 Å². The first-order chi connectivity index (χ1) is 21.6. The van der Waals surface area contributed by atoms with Crippen LogP contribution >= 0.6 is 0 Å². The van der Waals surface area contributed by atoms with Gasteiger partial charge in [0.1, 0.15) is 11.9 Å². The number of fused-ring (bicyclic) bond motifs is 1. The van der Waals surface area contributed by atoms with Crippen LogP contribution in [0.25, 0.3) is 32.9 Å². The number of hydrogen-bond acceptors (Lipinski definition) is 5. The summed E-state index contributed by atoms with van der Waals surface area (Å²) in [5.74, 6) is 1.40. The summed E-state index contributed by atoms with van der Waals surface area (Å²) in [7, 11) is 0. The highest BCUT2D eigenvalue weighted by molar-refractivity contribution is 6.08. The van der Waals surface area contributed by atoms with E-state index in [2.05, 4.69) is 30.3 Å². The maximum Gasteiger partial charge on any atom is 0.251 e. The van der Waals surface area contributed by atoms with Crippen LogP contribution in [0.1, 0.15) is 86.8 Å². The van der Waals surface area contributed by atoms with E-state index in [0.29, 0.717) is 19.1 Å². The number of aromatic nitrogens is 2. The molecule has 1 fully saturated rings. The number of rotatable bonds is 7. The van der Waals surface area contributed by atoms with Crippen molar-refractivity contribution in [2.24, 2.45) is 0 Å². The van der Waals surface area contributed by atoms with E-state index >= 15 is 0 Å². The smallest absolute Gasteiger partial charge is 0.251 e. The van der Waals surface area contributed by atoms with Crippen LogP contribution in [0.2, 0.25) is 0 Å². The van der Waals surface area contributed by atoms with Crippen molar-refractivity contribution in [1.82, 2.24) is 9.55 Å². The van der Waals surface area contributed by atoms with E-state index in [4.69, 9.17) is 14.5 Å². The number of pyridine rings is 2. The van der Waals surface area contributed by atoms with Gasteiger partial charge in [-0.15, -0.1) is 0 Å². The molecule has 45 heavy (non-hydrogen) atoms. The third kappa shape index (κ3) is 5.35. The highest BCUT2D eigenvalue weighted by Crippen LogP contribution is 2.45. The average molecular weight is 601 g/mol. The van der Waals surface area contributed by atoms with Crippen LogP contribution in [0, 0.1) is 6.92 Å². The molecule has 3 aromatic carbocycles. The van der Waals surface area contributed by atoms with Gasteiger partial charge in [0.05, 0.1) is 29.8 Å². The normalized spacial score (nSPS) is 15.6. The first kappa shape index (κ1) is 29.4. The molecule has 0 bridgehead atoms. The van der Waals surface area contributed by atoms with E-state index in [-0.39, 0.29) is 11.3 Å². The summed E-state index contributed by atoms with van der Waals surface area (Å²) < 4.78 is 14.4. The number of ketones is 1. The Morgan fingerprint density at radius 3 is 2.53 bits per heavy atom. The highest BCUT2D eigenvalue weighted by atomic mass is 16.5. The van der Waals surface area contributed by atoms with Crippen LogP contribution in [-0.2, 0) is 22.5 Å². The lowest BCUT2D eigenvalue weighted by atomic mass is 9.80. The van der Waals surface area contributed by atoms with Gasteiger partial charge >= 0.3 is 0 Å². The van der Waals surface area contributed by atoms with E-state index in [1.807, 2.05) is 62.7 Å². The van der Waals surface area contributed by atoms with Crippen molar-refractivity contribution in [3.8, 4) is 16.9 Å². The largest absolute Gasteiger partial charge is 0.493 e. The number of hydrogen-bond donors (Lipinski definition) is 0. The predicted octanol–water partition coefficient (Wildman–Crippen LogP) is 8.22. The Morgan fingerprint density at radius 1 is 1.07 bits per heavy atom. The van der Waals surface area contributed by atoms with Crippen LogP contribution < -0.4 is 10.3 Å². The van der Waals surface area contributed by atoms with Gasteiger partial charge in [-0.25, -0.2) is 0 Å². The second-order valence-electron chi connectivity index (χ2n) is 13.7. The number of Topliss-reactive ketones (excluding diaryl/α,β-unsaturated/α-hetero) is 1. The first-order valence-corrected chi connectivity index (χ1v) is 16.1. The molecule has 0 radical (unpaired) electrons. The van der Waals surface area contributed by atoms with Gasteiger partial charge in [0.25, 0.3) is 5.56 Å². The van der Waals surface area contributed by atoms with E-state index < -0.39 is 11.7 Å². The molecule has 6 nitrogen and oxygen atoms in total. The molecular weight excluding hydrogens is 560 g/mol. The molecule has 7 rings (SSSR count). The molecule has 1 aliphatic heterocycles. The van der Waals surface area contributed by atoms with Crippen LogP contribution in [0.15, 0.2) is 71.7 Å². The van der Waals surface area contributed by atoms with Crippen molar-refractivity contribution in [2.45, 2.75) is 84.5 Å². The molecule has 1 atom stereocenters. The van der Waals surface area contributed by atoms with Gasteiger partial charge < -0.3 is 14.0 Å². The second-order valence-corrected chi connectivity index (χ2v) is 13.7. The molecule has 6 heteroatoms. The van der Waals surface area contributed by atoms with Gasteiger partial charge in [-0.2, -0.15) is 0 Å². The Kier molecular flexibility index (Phi) is 7.36. The third-order valence-corrected chi connectivity index (χ3v) is 9.38. The molecule has 3 heterocycles. The van der Waals surface area contributed by atoms with Crippen molar-refractivity contribution in [3.63, 3.8) is 0 Å². The minimum Gasteiger partial charge on any atom is -0.493 e. The topological polar surface area (TPSA) is 70.4 Å². The van der Waals surface area contributed by atoms with Gasteiger partial charge in [-0.3, -0.25) is 14.6 Å². The summed E-state index contributed by atoms with van der Waals surface area (Å²) in [5, 5.41) is 1.88. The maximum atomic E-state index is 13.5.